The third-order valence-electron chi connectivity index (χ3n) is 4.53. The fourth-order valence-corrected chi connectivity index (χ4v) is 4.47. The van der Waals surface area contributed by atoms with Crippen molar-refractivity contribution in [2.75, 3.05) is 4.90 Å². The number of para-hydroxylation sites is 1. The number of carbonyl (C=O) groups excluding carboxylic acids is 1. The topological polar surface area (TPSA) is 25.2 Å². The van der Waals surface area contributed by atoms with Gasteiger partial charge in [0, 0.05) is 29.2 Å². The van der Waals surface area contributed by atoms with Crippen LogP contribution in [-0.2, 0) is 11.3 Å². The molecule has 26 heavy (non-hydrogen) atoms. The Hall–Kier alpha value is -2.37. The molecular weight excluding hydrogens is 360 g/mol. The molecule has 0 aliphatic carbocycles. The number of aromatic nitrogens is 1. The number of aryl methyl sites for hydroxylation is 2. The third-order valence-corrected chi connectivity index (χ3v) is 5.83. The number of carbonyl (C=O) groups is 1. The highest BCUT2D eigenvalue weighted by atomic mass is 32.2. The molecule has 0 atom stereocenters. The number of fused-ring (bicyclic) bond motifs is 1. The largest absolute Gasteiger partial charge is 0.347 e. The molecule has 0 N–H and O–H groups in total. The van der Waals surface area contributed by atoms with Crippen LogP contribution in [0.5, 0.6) is 0 Å². The molecule has 0 radical (unpaired) electrons. The van der Waals surface area contributed by atoms with E-state index in [1.165, 1.54) is 17.3 Å². The van der Waals surface area contributed by atoms with Crippen LogP contribution in [-0.4, -0.2) is 14.8 Å². The fraction of sp³-hybridized carbons (Fsp3) is 0.143. The summed E-state index contributed by atoms with van der Waals surface area (Å²) in [4.78, 5) is 15.2. The summed E-state index contributed by atoms with van der Waals surface area (Å²) in [5, 5.41) is 1.15. The van der Waals surface area contributed by atoms with Crippen molar-refractivity contribution < 1.29 is 4.79 Å². The van der Waals surface area contributed by atoms with E-state index in [9.17, 15) is 4.79 Å². The van der Waals surface area contributed by atoms with Crippen molar-refractivity contribution in [1.82, 2.24) is 4.57 Å². The van der Waals surface area contributed by atoms with Crippen LogP contribution in [0.25, 0.3) is 17.0 Å². The number of rotatable bonds is 3. The van der Waals surface area contributed by atoms with Gasteiger partial charge in [0.1, 0.15) is 0 Å². The van der Waals surface area contributed by atoms with E-state index in [-0.39, 0.29) is 5.91 Å². The highest BCUT2D eigenvalue weighted by Crippen LogP contribution is 2.37. The second-order valence-corrected chi connectivity index (χ2v) is 7.92. The number of benzene rings is 2. The Kier molecular flexibility index (Phi) is 4.42. The second kappa shape index (κ2) is 6.74. The standard InChI is InChI=1S/C21H18N2OS2/c1-3-22-13-15(17-6-4-5-7-18(17)22)12-19-20(24)23(21(25)26-19)16-10-8-14(2)9-11-16/h4-13H,3H2,1-2H3/b19-12+. The zero-order chi connectivity index (χ0) is 18.3. The lowest BCUT2D eigenvalue weighted by molar-refractivity contribution is -0.113. The molecule has 0 saturated carbocycles. The van der Waals surface area contributed by atoms with Crippen LogP contribution in [0.2, 0.25) is 0 Å². The highest BCUT2D eigenvalue weighted by Gasteiger charge is 2.33. The summed E-state index contributed by atoms with van der Waals surface area (Å²) in [5.74, 6) is -0.0582. The van der Waals surface area contributed by atoms with Gasteiger partial charge in [0.2, 0.25) is 0 Å². The van der Waals surface area contributed by atoms with Gasteiger partial charge in [0.15, 0.2) is 4.32 Å². The summed E-state index contributed by atoms with van der Waals surface area (Å²) in [6.45, 7) is 5.03. The highest BCUT2D eigenvalue weighted by molar-refractivity contribution is 8.27. The van der Waals surface area contributed by atoms with Gasteiger partial charge in [-0.2, -0.15) is 0 Å². The molecule has 1 fully saturated rings. The number of hydrogen-bond acceptors (Lipinski definition) is 3. The SMILES string of the molecule is CCn1cc(/C=C2/SC(=S)N(c3ccc(C)cc3)C2=O)c2ccccc21. The lowest BCUT2D eigenvalue weighted by atomic mass is 10.1. The predicted molar refractivity (Wildman–Crippen MR) is 114 cm³/mol. The van der Waals surface area contributed by atoms with Crippen molar-refractivity contribution in [3.8, 4) is 0 Å². The first-order chi connectivity index (χ1) is 12.6. The summed E-state index contributed by atoms with van der Waals surface area (Å²) >= 11 is 6.83. The van der Waals surface area contributed by atoms with E-state index in [0.29, 0.717) is 9.23 Å². The first-order valence-electron chi connectivity index (χ1n) is 8.51. The second-order valence-electron chi connectivity index (χ2n) is 6.24. The smallest absolute Gasteiger partial charge is 0.270 e. The monoisotopic (exact) mass is 378 g/mol. The predicted octanol–water partition coefficient (Wildman–Crippen LogP) is 5.38. The zero-order valence-corrected chi connectivity index (χ0v) is 16.2. The molecule has 0 unspecified atom stereocenters. The van der Waals surface area contributed by atoms with Gasteiger partial charge in [-0.15, -0.1) is 0 Å². The van der Waals surface area contributed by atoms with Crippen LogP contribution in [0.15, 0.2) is 59.6 Å². The Bertz CT molecular complexity index is 1050. The van der Waals surface area contributed by atoms with E-state index in [1.807, 2.05) is 49.4 Å². The maximum Gasteiger partial charge on any atom is 0.270 e. The van der Waals surface area contributed by atoms with Crippen LogP contribution >= 0.6 is 24.0 Å². The number of hydrogen-bond donors (Lipinski definition) is 0. The normalized spacial score (nSPS) is 16.2. The van der Waals surface area contributed by atoms with E-state index < -0.39 is 0 Å². The Morgan fingerprint density at radius 1 is 1.12 bits per heavy atom. The molecule has 3 nitrogen and oxygen atoms in total. The van der Waals surface area contributed by atoms with Crippen molar-refractivity contribution in [3.63, 3.8) is 0 Å². The summed E-state index contributed by atoms with van der Waals surface area (Å²) in [6, 6.07) is 16.1. The van der Waals surface area contributed by atoms with Crippen LogP contribution in [0, 0.1) is 6.92 Å². The van der Waals surface area contributed by atoms with Crippen molar-refractivity contribution >= 4 is 56.9 Å². The molecular formula is C21H18N2OS2. The maximum absolute atomic E-state index is 13.0. The molecule has 4 rings (SSSR count). The van der Waals surface area contributed by atoms with Crippen LogP contribution in [0.3, 0.4) is 0 Å². The van der Waals surface area contributed by atoms with E-state index in [4.69, 9.17) is 12.2 Å². The van der Waals surface area contributed by atoms with Gasteiger partial charge in [-0.3, -0.25) is 9.69 Å². The van der Waals surface area contributed by atoms with Crippen LogP contribution < -0.4 is 4.90 Å². The summed E-state index contributed by atoms with van der Waals surface area (Å²) in [6.07, 6.45) is 4.06. The molecule has 0 spiro atoms. The molecule has 0 bridgehead atoms. The Morgan fingerprint density at radius 3 is 2.58 bits per heavy atom. The summed E-state index contributed by atoms with van der Waals surface area (Å²) in [5.41, 5.74) is 4.20. The van der Waals surface area contributed by atoms with Crippen LogP contribution in [0.4, 0.5) is 5.69 Å². The molecule has 1 aliphatic rings. The molecule has 1 amide bonds. The minimum atomic E-state index is -0.0582. The van der Waals surface area contributed by atoms with E-state index in [0.717, 1.165) is 28.7 Å². The Labute approximate surface area is 162 Å². The van der Waals surface area contributed by atoms with Gasteiger partial charge in [0.05, 0.1) is 10.6 Å². The van der Waals surface area contributed by atoms with Gasteiger partial charge in [-0.25, -0.2) is 0 Å². The number of thiocarbonyl (C=S) groups is 1. The van der Waals surface area contributed by atoms with Gasteiger partial charge >= 0.3 is 0 Å². The molecule has 2 heterocycles. The molecule has 2 aromatic carbocycles. The molecule has 1 saturated heterocycles. The summed E-state index contributed by atoms with van der Waals surface area (Å²) < 4.78 is 2.77. The Morgan fingerprint density at radius 2 is 1.85 bits per heavy atom. The van der Waals surface area contributed by atoms with Crippen molar-refractivity contribution in [2.24, 2.45) is 0 Å². The minimum absolute atomic E-state index is 0.0582. The lowest BCUT2D eigenvalue weighted by Gasteiger charge is -2.14. The first-order valence-corrected chi connectivity index (χ1v) is 9.73. The van der Waals surface area contributed by atoms with Crippen molar-refractivity contribution in [1.29, 1.82) is 0 Å². The van der Waals surface area contributed by atoms with E-state index in [1.54, 1.807) is 4.90 Å². The first kappa shape index (κ1) is 17.1. The molecule has 5 heteroatoms. The molecule has 1 aromatic heterocycles. The average Bonchev–Trinajstić information content (AvgIpc) is 3.14. The van der Waals surface area contributed by atoms with Gasteiger partial charge in [-0.05, 0) is 38.1 Å². The fourth-order valence-electron chi connectivity index (χ4n) is 3.18. The van der Waals surface area contributed by atoms with Crippen molar-refractivity contribution in [2.45, 2.75) is 20.4 Å². The van der Waals surface area contributed by atoms with Crippen molar-refractivity contribution in [3.05, 3.63) is 70.8 Å². The maximum atomic E-state index is 13.0. The lowest BCUT2D eigenvalue weighted by Crippen LogP contribution is -2.27. The van der Waals surface area contributed by atoms with Gasteiger partial charge in [-0.1, -0.05) is 59.9 Å². The number of thioether (sulfide) groups is 1. The molecule has 3 aromatic rings. The van der Waals surface area contributed by atoms with Gasteiger partial charge in [0.25, 0.3) is 5.91 Å². The summed E-state index contributed by atoms with van der Waals surface area (Å²) in [7, 11) is 0. The minimum Gasteiger partial charge on any atom is -0.347 e. The van der Waals surface area contributed by atoms with E-state index >= 15 is 0 Å². The number of nitrogens with zero attached hydrogens (tertiary/aromatic N) is 2. The van der Waals surface area contributed by atoms with E-state index in [2.05, 4.69) is 29.8 Å². The quantitative estimate of drug-likeness (QED) is 0.452. The molecule has 130 valence electrons. The van der Waals surface area contributed by atoms with Crippen LogP contribution in [0.1, 0.15) is 18.1 Å². The average molecular weight is 379 g/mol. The molecule has 1 aliphatic heterocycles. The Balaban J connectivity index is 1.74. The number of amides is 1. The zero-order valence-electron chi connectivity index (χ0n) is 14.6. The third kappa shape index (κ3) is 2.87. The number of anilines is 1. The van der Waals surface area contributed by atoms with Gasteiger partial charge < -0.3 is 4.57 Å².